The molecule has 0 aliphatic carbocycles. The number of ether oxygens (including phenoxy) is 4. The van der Waals surface area contributed by atoms with Gasteiger partial charge in [0.25, 0.3) is 0 Å². The summed E-state index contributed by atoms with van der Waals surface area (Å²) in [6.45, 7) is 0.767. The molecular formula is C27H31O15+. The molecule has 15 nitrogen and oxygen atoms in total. The summed E-state index contributed by atoms with van der Waals surface area (Å²) in [7, 11) is 0. The molecule has 228 valence electrons. The van der Waals surface area contributed by atoms with Crippen LogP contribution in [0.5, 0.6) is 28.7 Å². The first-order valence-corrected chi connectivity index (χ1v) is 12.9. The number of hydrogen-bond donors (Lipinski definition) is 10. The topological polar surface area (TPSA) is 251 Å². The zero-order chi connectivity index (χ0) is 30.5. The Morgan fingerprint density at radius 3 is 2.05 bits per heavy atom. The molecule has 0 amide bonds. The number of aliphatic hydroxyl groups excluding tert-OH is 7. The van der Waals surface area contributed by atoms with Crippen LogP contribution < -0.4 is 9.47 Å². The second kappa shape index (κ2) is 11.6. The molecule has 1 aromatic heterocycles. The fraction of sp³-hybridized carbons (Fsp3) is 0.444. The van der Waals surface area contributed by atoms with Crippen molar-refractivity contribution in [1.29, 1.82) is 0 Å². The average Bonchev–Trinajstić information content (AvgIpc) is 2.96. The molecular weight excluding hydrogens is 564 g/mol. The van der Waals surface area contributed by atoms with Crippen LogP contribution in [-0.2, 0) is 9.47 Å². The molecule has 2 aliphatic rings. The molecule has 2 fully saturated rings. The lowest BCUT2D eigenvalue weighted by molar-refractivity contribution is -0.277. The van der Waals surface area contributed by atoms with Crippen molar-refractivity contribution in [1.82, 2.24) is 0 Å². The summed E-state index contributed by atoms with van der Waals surface area (Å²) in [6, 6.07) is 7.42. The van der Waals surface area contributed by atoms with Gasteiger partial charge in [-0.15, -0.1) is 0 Å². The Morgan fingerprint density at radius 1 is 0.714 bits per heavy atom. The summed E-state index contributed by atoms with van der Waals surface area (Å²) in [6.07, 6.45) is -14.9. The van der Waals surface area contributed by atoms with E-state index in [2.05, 4.69) is 0 Å². The fourth-order valence-electron chi connectivity index (χ4n) is 4.73. The summed E-state index contributed by atoms with van der Waals surface area (Å²) in [5.41, 5.74) is 0.127. The number of aromatic hydroxyl groups is 3. The van der Waals surface area contributed by atoms with Crippen molar-refractivity contribution < 1.29 is 74.4 Å². The van der Waals surface area contributed by atoms with Crippen LogP contribution in [0.1, 0.15) is 6.92 Å². The molecule has 2 aliphatic heterocycles. The van der Waals surface area contributed by atoms with Gasteiger partial charge < -0.3 is 70.0 Å². The molecule has 0 radical (unpaired) electrons. The van der Waals surface area contributed by atoms with Crippen LogP contribution in [0.15, 0.2) is 40.8 Å². The first-order valence-electron chi connectivity index (χ1n) is 12.9. The van der Waals surface area contributed by atoms with E-state index in [1.165, 1.54) is 31.2 Å². The quantitative estimate of drug-likeness (QED) is 0.120. The van der Waals surface area contributed by atoms with E-state index < -0.39 is 85.3 Å². The van der Waals surface area contributed by atoms with Crippen LogP contribution in [0.4, 0.5) is 0 Å². The van der Waals surface area contributed by atoms with E-state index in [0.717, 1.165) is 12.1 Å². The monoisotopic (exact) mass is 595 g/mol. The van der Waals surface area contributed by atoms with E-state index in [1.807, 2.05) is 0 Å². The first-order chi connectivity index (χ1) is 19.9. The fourth-order valence-corrected chi connectivity index (χ4v) is 4.73. The largest absolute Gasteiger partial charge is 0.507 e. The van der Waals surface area contributed by atoms with Gasteiger partial charge in [-0.05, 0) is 19.1 Å². The smallest absolute Gasteiger partial charge is 0.402 e. The maximum absolute atomic E-state index is 10.8. The van der Waals surface area contributed by atoms with Gasteiger partial charge in [-0.2, -0.15) is 0 Å². The molecule has 10 unspecified atom stereocenters. The van der Waals surface area contributed by atoms with Gasteiger partial charge in [-0.3, -0.25) is 0 Å². The standard InChI is InChI=1S/C27H30O15/c1-9-19(32)21(34)23(36)26(38-9)39-11-5-14(30)12-7-17(41-27-24(37)22(35)20(33)18(8-28)42-27)25(40-16(12)6-11)10-2-3-13(29)15(31)4-10/h2-7,9,18-24,26-28,32-37H,8H2,1H3,(H2-,29,30,31)/p+1. The predicted molar refractivity (Wildman–Crippen MR) is 138 cm³/mol. The Labute approximate surface area is 237 Å². The predicted octanol–water partition coefficient (Wildman–Crippen LogP) is -1.12. The molecule has 10 atom stereocenters. The van der Waals surface area contributed by atoms with Crippen LogP contribution >= 0.6 is 0 Å². The van der Waals surface area contributed by atoms with Crippen molar-refractivity contribution >= 4 is 11.0 Å². The second-order valence-electron chi connectivity index (χ2n) is 10.1. The molecule has 10 N–H and O–H groups in total. The van der Waals surface area contributed by atoms with E-state index in [4.69, 9.17) is 23.4 Å². The zero-order valence-electron chi connectivity index (χ0n) is 22.0. The number of fused-ring (bicyclic) bond motifs is 1. The molecule has 2 saturated heterocycles. The van der Waals surface area contributed by atoms with E-state index in [9.17, 15) is 51.1 Å². The third kappa shape index (κ3) is 5.49. The van der Waals surface area contributed by atoms with Crippen LogP contribution in [0.3, 0.4) is 0 Å². The lowest BCUT2D eigenvalue weighted by atomic mass is 9.99. The van der Waals surface area contributed by atoms with Crippen molar-refractivity contribution in [2.45, 2.75) is 68.3 Å². The number of phenols is 3. The number of phenolic OH excluding ortho intramolecular Hbond substituents is 3. The van der Waals surface area contributed by atoms with Crippen molar-refractivity contribution in [3.63, 3.8) is 0 Å². The molecule has 15 heteroatoms. The lowest BCUT2D eigenvalue weighted by Crippen LogP contribution is -2.60. The highest BCUT2D eigenvalue weighted by Crippen LogP contribution is 2.42. The second-order valence-corrected chi connectivity index (χ2v) is 10.1. The summed E-state index contributed by atoms with van der Waals surface area (Å²) in [4.78, 5) is 0. The van der Waals surface area contributed by atoms with Crippen LogP contribution in [0.2, 0.25) is 0 Å². The van der Waals surface area contributed by atoms with Gasteiger partial charge in [-0.1, -0.05) is 0 Å². The highest BCUT2D eigenvalue weighted by Gasteiger charge is 2.46. The van der Waals surface area contributed by atoms with E-state index in [1.54, 1.807) is 0 Å². The number of aliphatic hydroxyl groups is 7. The summed E-state index contributed by atoms with van der Waals surface area (Å²) in [5, 5.41) is 101. The van der Waals surface area contributed by atoms with E-state index in [-0.39, 0.29) is 33.8 Å². The molecule has 42 heavy (non-hydrogen) atoms. The molecule has 0 spiro atoms. The zero-order valence-corrected chi connectivity index (χ0v) is 22.0. The Kier molecular flexibility index (Phi) is 8.30. The molecule has 0 bridgehead atoms. The van der Waals surface area contributed by atoms with Gasteiger partial charge in [0.05, 0.1) is 24.3 Å². The Morgan fingerprint density at radius 2 is 1.38 bits per heavy atom. The molecule has 5 rings (SSSR count). The Hall–Kier alpha value is -3.51. The maximum Gasteiger partial charge on any atom is 0.402 e. The summed E-state index contributed by atoms with van der Waals surface area (Å²) < 4.78 is 28.3. The Bertz CT molecular complexity index is 1430. The lowest BCUT2D eigenvalue weighted by Gasteiger charge is -2.39. The number of rotatable bonds is 6. The third-order valence-electron chi connectivity index (χ3n) is 7.19. The van der Waals surface area contributed by atoms with E-state index in [0.29, 0.717) is 0 Å². The van der Waals surface area contributed by atoms with Crippen LogP contribution in [0, 0.1) is 0 Å². The van der Waals surface area contributed by atoms with Crippen molar-refractivity contribution in [3.8, 4) is 40.1 Å². The first kappa shape index (κ1) is 30.0. The summed E-state index contributed by atoms with van der Waals surface area (Å²) >= 11 is 0. The number of benzene rings is 2. The van der Waals surface area contributed by atoms with Crippen molar-refractivity contribution in [2.24, 2.45) is 0 Å². The highest BCUT2D eigenvalue weighted by atomic mass is 16.7. The van der Waals surface area contributed by atoms with Gasteiger partial charge in [0.2, 0.25) is 18.3 Å². The number of hydrogen-bond acceptors (Lipinski definition) is 14. The van der Waals surface area contributed by atoms with Crippen molar-refractivity contribution in [3.05, 3.63) is 36.4 Å². The van der Waals surface area contributed by atoms with Gasteiger partial charge in [-0.25, -0.2) is 4.42 Å². The molecule has 3 aromatic rings. The van der Waals surface area contributed by atoms with Crippen LogP contribution in [-0.4, -0.2) is 119 Å². The average molecular weight is 596 g/mol. The SMILES string of the molecule is CC1OC(Oc2cc(O)c3cc(OC4OC(CO)C(O)C(O)C4O)c(-c4ccc(O)c(O)c4)[o+]c3c2)C(O)C(O)C1O. The third-order valence-corrected chi connectivity index (χ3v) is 7.19. The van der Waals surface area contributed by atoms with Crippen LogP contribution in [0.25, 0.3) is 22.3 Å². The van der Waals surface area contributed by atoms with Gasteiger partial charge in [0.1, 0.15) is 59.6 Å². The van der Waals surface area contributed by atoms with Gasteiger partial charge in [0, 0.05) is 18.2 Å². The van der Waals surface area contributed by atoms with Gasteiger partial charge in [0.15, 0.2) is 11.5 Å². The molecule has 2 aromatic carbocycles. The summed E-state index contributed by atoms with van der Waals surface area (Å²) in [5.74, 6) is -1.73. The minimum Gasteiger partial charge on any atom is -0.507 e. The van der Waals surface area contributed by atoms with Crippen molar-refractivity contribution in [2.75, 3.05) is 6.61 Å². The molecule has 3 heterocycles. The Balaban J connectivity index is 1.55. The minimum absolute atomic E-state index is 0.0207. The maximum atomic E-state index is 10.8. The minimum atomic E-state index is -1.78. The highest BCUT2D eigenvalue weighted by molar-refractivity contribution is 5.88. The van der Waals surface area contributed by atoms with E-state index >= 15 is 0 Å². The molecule has 0 saturated carbocycles. The van der Waals surface area contributed by atoms with Gasteiger partial charge >= 0.3 is 11.3 Å². The normalized spacial score (nSPS) is 33.4.